The molecular weight excluding hydrogens is 278 g/mol. The molecule has 4 heteroatoms. The van der Waals surface area contributed by atoms with E-state index in [1.807, 2.05) is 0 Å². The third kappa shape index (κ3) is 15.3. The van der Waals surface area contributed by atoms with Gasteiger partial charge in [-0.15, -0.1) is 0 Å². The van der Waals surface area contributed by atoms with Gasteiger partial charge in [0.25, 0.3) is 0 Å². The Hall–Kier alpha value is -1.06. The highest BCUT2D eigenvalue weighted by Crippen LogP contribution is 2.11. The summed E-state index contributed by atoms with van der Waals surface area (Å²) in [5.41, 5.74) is 0. The lowest BCUT2D eigenvalue weighted by atomic mass is 10.1. The number of carbonyl (C=O) groups excluding carboxylic acids is 2. The summed E-state index contributed by atoms with van der Waals surface area (Å²) in [5.74, 6) is -0.117. The number of methoxy groups -OCH3 is 1. The predicted molar refractivity (Wildman–Crippen MR) is 90.7 cm³/mol. The number of hydrogen-bond acceptors (Lipinski definition) is 3. The van der Waals surface area contributed by atoms with Gasteiger partial charge in [-0.05, 0) is 12.8 Å². The van der Waals surface area contributed by atoms with E-state index in [1.165, 1.54) is 58.5 Å². The Morgan fingerprint density at radius 1 is 0.773 bits per heavy atom. The Labute approximate surface area is 136 Å². The second-order valence-electron chi connectivity index (χ2n) is 5.96. The van der Waals surface area contributed by atoms with Crippen molar-refractivity contribution in [3.8, 4) is 0 Å². The Kier molecular flexibility index (Phi) is 15.5. The molecule has 22 heavy (non-hydrogen) atoms. The third-order valence-electron chi connectivity index (χ3n) is 3.86. The highest BCUT2D eigenvalue weighted by molar-refractivity contribution is 5.75. The van der Waals surface area contributed by atoms with E-state index in [9.17, 15) is 9.59 Å². The molecule has 0 atom stereocenters. The minimum Gasteiger partial charge on any atom is -0.469 e. The van der Waals surface area contributed by atoms with Gasteiger partial charge in [-0.3, -0.25) is 9.59 Å². The molecule has 130 valence electrons. The van der Waals surface area contributed by atoms with E-state index in [4.69, 9.17) is 0 Å². The van der Waals surface area contributed by atoms with Crippen molar-refractivity contribution in [3.63, 3.8) is 0 Å². The lowest BCUT2D eigenvalue weighted by Gasteiger charge is -2.05. The van der Waals surface area contributed by atoms with Gasteiger partial charge in [-0.1, -0.05) is 64.7 Å². The van der Waals surface area contributed by atoms with Crippen molar-refractivity contribution >= 4 is 11.9 Å². The van der Waals surface area contributed by atoms with Crippen LogP contribution in [0, 0.1) is 0 Å². The molecule has 0 aromatic heterocycles. The number of carbonyl (C=O) groups is 2. The molecular formula is C18H35NO3. The van der Waals surface area contributed by atoms with Gasteiger partial charge in [0.15, 0.2) is 0 Å². The maximum absolute atomic E-state index is 11.6. The third-order valence-corrected chi connectivity index (χ3v) is 3.86. The molecule has 0 saturated heterocycles. The summed E-state index contributed by atoms with van der Waals surface area (Å²) >= 11 is 0. The molecule has 0 aliphatic rings. The van der Waals surface area contributed by atoms with Crippen LogP contribution < -0.4 is 5.32 Å². The first-order chi connectivity index (χ1) is 10.7. The lowest BCUT2D eigenvalue weighted by molar-refractivity contribution is -0.140. The molecule has 0 aromatic rings. The number of esters is 1. The van der Waals surface area contributed by atoms with E-state index >= 15 is 0 Å². The largest absolute Gasteiger partial charge is 0.469 e. The molecule has 1 amide bonds. The molecule has 0 saturated carbocycles. The van der Waals surface area contributed by atoms with Gasteiger partial charge in [-0.25, -0.2) is 0 Å². The maximum atomic E-state index is 11.6. The van der Waals surface area contributed by atoms with E-state index < -0.39 is 0 Å². The molecule has 0 fully saturated rings. The molecule has 0 spiro atoms. The minimum absolute atomic E-state index is 0.101. The first-order valence-corrected chi connectivity index (χ1v) is 9.04. The van der Waals surface area contributed by atoms with Crippen LogP contribution in [0.5, 0.6) is 0 Å². The molecule has 0 heterocycles. The number of amides is 1. The maximum Gasteiger partial charge on any atom is 0.305 e. The van der Waals surface area contributed by atoms with Gasteiger partial charge in [0, 0.05) is 19.4 Å². The molecule has 1 N–H and O–H groups in total. The average molecular weight is 313 g/mol. The van der Waals surface area contributed by atoms with Crippen LogP contribution in [-0.2, 0) is 14.3 Å². The minimum atomic E-state index is -0.219. The Morgan fingerprint density at radius 2 is 1.32 bits per heavy atom. The zero-order chi connectivity index (χ0) is 16.5. The summed E-state index contributed by atoms with van der Waals surface area (Å²) in [7, 11) is 1.38. The van der Waals surface area contributed by atoms with Crippen LogP contribution in [0.15, 0.2) is 0 Å². The smallest absolute Gasteiger partial charge is 0.305 e. The Morgan fingerprint density at radius 3 is 1.86 bits per heavy atom. The number of rotatable bonds is 15. The van der Waals surface area contributed by atoms with Crippen molar-refractivity contribution in [2.45, 2.75) is 90.4 Å². The van der Waals surface area contributed by atoms with E-state index in [0.717, 1.165) is 12.8 Å². The second-order valence-corrected chi connectivity index (χ2v) is 5.96. The van der Waals surface area contributed by atoms with Crippen molar-refractivity contribution in [1.29, 1.82) is 0 Å². The van der Waals surface area contributed by atoms with Crippen molar-refractivity contribution < 1.29 is 14.3 Å². The second kappa shape index (κ2) is 16.3. The fourth-order valence-corrected chi connectivity index (χ4v) is 2.42. The van der Waals surface area contributed by atoms with Gasteiger partial charge in [0.2, 0.25) is 5.91 Å². The van der Waals surface area contributed by atoms with Crippen LogP contribution in [0.1, 0.15) is 90.4 Å². The van der Waals surface area contributed by atoms with Crippen molar-refractivity contribution in [2.75, 3.05) is 13.7 Å². The van der Waals surface area contributed by atoms with E-state index in [2.05, 4.69) is 17.0 Å². The van der Waals surface area contributed by atoms with Crippen LogP contribution in [-0.4, -0.2) is 25.5 Å². The van der Waals surface area contributed by atoms with Crippen LogP contribution in [0.25, 0.3) is 0 Å². The molecule has 0 radical (unpaired) electrons. The fourth-order valence-electron chi connectivity index (χ4n) is 2.42. The number of nitrogens with one attached hydrogen (secondary N) is 1. The molecule has 4 nitrogen and oxygen atoms in total. The van der Waals surface area contributed by atoms with Crippen molar-refractivity contribution in [1.82, 2.24) is 5.32 Å². The molecule has 0 rings (SSSR count). The van der Waals surface area contributed by atoms with Crippen LogP contribution in [0.4, 0.5) is 0 Å². The zero-order valence-electron chi connectivity index (χ0n) is 14.6. The highest BCUT2D eigenvalue weighted by atomic mass is 16.5. The molecule has 0 bridgehead atoms. The predicted octanol–water partition coefficient (Wildman–Crippen LogP) is 4.37. The van der Waals surface area contributed by atoms with Gasteiger partial charge in [-0.2, -0.15) is 0 Å². The van der Waals surface area contributed by atoms with Crippen molar-refractivity contribution in [3.05, 3.63) is 0 Å². The molecule has 0 aliphatic heterocycles. The van der Waals surface area contributed by atoms with E-state index in [0.29, 0.717) is 25.8 Å². The standard InChI is InChI=1S/C18H35NO3/c1-3-4-5-6-7-8-9-10-11-12-14-17(20)19-16-13-15-18(21)22-2/h3-16H2,1-2H3,(H,19,20). The first kappa shape index (κ1) is 20.9. The highest BCUT2D eigenvalue weighted by Gasteiger charge is 2.02. The summed E-state index contributed by atoms with van der Waals surface area (Å²) in [6, 6.07) is 0. The average Bonchev–Trinajstić information content (AvgIpc) is 2.53. The summed E-state index contributed by atoms with van der Waals surface area (Å²) in [4.78, 5) is 22.5. The van der Waals surface area contributed by atoms with Gasteiger partial charge < -0.3 is 10.1 Å². The Bertz CT molecular complexity index is 280. The number of ether oxygens (including phenoxy) is 1. The van der Waals surface area contributed by atoms with E-state index in [-0.39, 0.29) is 11.9 Å². The summed E-state index contributed by atoms with van der Waals surface area (Å²) in [6.07, 6.45) is 14.4. The normalized spacial score (nSPS) is 10.5. The summed E-state index contributed by atoms with van der Waals surface area (Å²) < 4.78 is 4.54. The zero-order valence-corrected chi connectivity index (χ0v) is 14.6. The summed E-state index contributed by atoms with van der Waals surface area (Å²) in [5, 5.41) is 2.85. The molecule has 0 unspecified atom stereocenters. The quantitative estimate of drug-likeness (QED) is 0.361. The van der Waals surface area contributed by atoms with Crippen LogP contribution in [0.2, 0.25) is 0 Å². The molecule has 0 aliphatic carbocycles. The van der Waals surface area contributed by atoms with Gasteiger partial charge in [0.1, 0.15) is 0 Å². The van der Waals surface area contributed by atoms with Gasteiger partial charge in [0.05, 0.1) is 7.11 Å². The van der Waals surface area contributed by atoms with Gasteiger partial charge >= 0.3 is 5.97 Å². The number of unbranched alkanes of at least 4 members (excludes halogenated alkanes) is 9. The molecule has 0 aromatic carbocycles. The van der Waals surface area contributed by atoms with Crippen molar-refractivity contribution in [2.24, 2.45) is 0 Å². The fraction of sp³-hybridized carbons (Fsp3) is 0.889. The Balaban J connectivity index is 3.20. The number of hydrogen-bond donors (Lipinski definition) is 1. The summed E-state index contributed by atoms with van der Waals surface area (Å²) in [6.45, 7) is 2.81. The van der Waals surface area contributed by atoms with Crippen LogP contribution in [0.3, 0.4) is 0 Å². The lowest BCUT2D eigenvalue weighted by Crippen LogP contribution is -2.24. The SMILES string of the molecule is CCCCCCCCCCCCC(=O)NCCCC(=O)OC. The first-order valence-electron chi connectivity index (χ1n) is 9.04. The van der Waals surface area contributed by atoms with Crippen LogP contribution >= 0.6 is 0 Å². The van der Waals surface area contributed by atoms with E-state index in [1.54, 1.807) is 0 Å². The monoisotopic (exact) mass is 313 g/mol. The topological polar surface area (TPSA) is 55.4 Å².